The van der Waals surface area contributed by atoms with Crippen LogP contribution < -0.4 is 5.69 Å². The van der Waals surface area contributed by atoms with Gasteiger partial charge in [0.25, 0.3) is 11.8 Å². The van der Waals surface area contributed by atoms with Crippen molar-refractivity contribution in [1.82, 2.24) is 19.8 Å². The minimum Gasteiger partial charge on any atom is -0.335 e. The van der Waals surface area contributed by atoms with Crippen LogP contribution in [0.3, 0.4) is 0 Å². The fraction of sp³-hybridized carbons (Fsp3) is 0.211. The van der Waals surface area contributed by atoms with Gasteiger partial charge in [-0.3, -0.25) is 9.59 Å². The Balaban J connectivity index is 1.45. The molecule has 7 nitrogen and oxygen atoms in total. The van der Waals surface area contributed by atoms with Crippen LogP contribution in [0.4, 0.5) is 4.39 Å². The molecule has 27 heavy (non-hydrogen) atoms. The van der Waals surface area contributed by atoms with E-state index in [1.165, 1.54) is 18.2 Å². The number of carbonyl (C=O) groups is 2. The van der Waals surface area contributed by atoms with Crippen molar-refractivity contribution in [2.45, 2.75) is 0 Å². The molecule has 1 aromatic heterocycles. The number of halogens is 1. The lowest BCUT2D eigenvalue weighted by atomic mass is 10.1. The average Bonchev–Trinajstić information content (AvgIpc) is 3.06. The standard InChI is InChI=1S/C19H17FN4O3/c20-14-4-2-1-3-13(14)18(26)24-9-7-23(8-10-24)17(25)12-5-6-15-16(11-12)22-19(27)21-15/h1-6,11H,7-10H2,(H2,21,22,27). The first-order chi connectivity index (χ1) is 13.0. The lowest BCUT2D eigenvalue weighted by molar-refractivity contribution is 0.0533. The van der Waals surface area contributed by atoms with Crippen molar-refractivity contribution < 1.29 is 14.0 Å². The van der Waals surface area contributed by atoms with Crippen molar-refractivity contribution in [1.29, 1.82) is 0 Å². The summed E-state index contributed by atoms with van der Waals surface area (Å²) in [5, 5.41) is 0. The number of aromatic nitrogens is 2. The smallest absolute Gasteiger partial charge is 0.323 e. The van der Waals surface area contributed by atoms with E-state index in [1.807, 2.05) is 0 Å². The number of piperazine rings is 1. The lowest BCUT2D eigenvalue weighted by Gasteiger charge is -2.35. The van der Waals surface area contributed by atoms with Gasteiger partial charge in [-0.1, -0.05) is 12.1 Å². The largest absolute Gasteiger partial charge is 0.335 e. The molecule has 1 aliphatic rings. The minimum atomic E-state index is -0.546. The van der Waals surface area contributed by atoms with Gasteiger partial charge in [-0.05, 0) is 30.3 Å². The fourth-order valence-electron chi connectivity index (χ4n) is 3.27. The van der Waals surface area contributed by atoms with Gasteiger partial charge < -0.3 is 19.8 Å². The molecule has 2 N–H and O–H groups in total. The zero-order chi connectivity index (χ0) is 19.0. The number of nitrogens with zero attached hydrogens (tertiary/aromatic N) is 2. The number of imidazole rings is 1. The maximum absolute atomic E-state index is 13.8. The van der Waals surface area contributed by atoms with Gasteiger partial charge in [-0.25, -0.2) is 9.18 Å². The van der Waals surface area contributed by atoms with Gasteiger partial charge >= 0.3 is 5.69 Å². The maximum Gasteiger partial charge on any atom is 0.323 e. The number of hydrogen-bond acceptors (Lipinski definition) is 3. The number of aromatic amines is 2. The molecule has 2 amide bonds. The van der Waals surface area contributed by atoms with Crippen LogP contribution in [0.1, 0.15) is 20.7 Å². The first kappa shape index (κ1) is 17.0. The fourth-order valence-corrected chi connectivity index (χ4v) is 3.27. The summed E-state index contributed by atoms with van der Waals surface area (Å²) in [4.78, 5) is 45.0. The number of amides is 2. The topological polar surface area (TPSA) is 89.3 Å². The van der Waals surface area contributed by atoms with Gasteiger partial charge in [0.2, 0.25) is 0 Å². The third kappa shape index (κ3) is 3.21. The van der Waals surface area contributed by atoms with Crippen molar-refractivity contribution in [2.24, 2.45) is 0 Å². The molecule has 8 heteroatoms. The summed E-state index contributed by atoms with van der Waals surface area (Å²) in [6.45, 7) is 1.39. The van der Waals surface area contributed by atoms with Gasteiger partial charge in [0, 0.05) is 31.7 Å². The van der Waals surface area contributed by atoms with Crippen LogP contribution in [-0.4, -0.2) is 57.8 Å². The van der Waals surface area contributed by atoms with Crippen LogP contribution in [0.15, 0.2) is 47.3 Å². The van der Waals surface area contributed by atoms with Gasteiger partial charge in [-0.2, -0.15) is 0 Å². The summed E-state index contributed by atoms with van der Waals surface area (Å²) in [6, 6.07) is 10.8. The van der Waals surface area contributed by atoms with E-state index in [-0.39, 0.29) is 23.1 Å². The highest BCUT2D eigenvalue weighted by atomic mass is 19.1. The number of fused-ring (bicyclic) bond motifs is 1. The Morgan fingerprint density at radius 2 is 1.48 bits per heavy atom. The molecule has 0 unspecified atom stereocenters. The molecule has 2 heterocycles. The maximum atomic E-state index is 13.8. The summed E-state index contributed by atoms with van der Waals surface area (Å²) in [5.41, 5.74) is 1.39. The third-order valence-corrected chi connectivity index (χ3v) is 4.72. The Labute approximate surface area is 153 Å². The second kappa shape index (κ2) is 6.71. The molecule has 4 rings (SSSR count). The highest BCUT2D eigenvalue weighted by molar-refractivity contribution is 5.98. The second-order valence-electron chi connectivity index (χ2n) is 6.40. The quantitative estimate of drug-likeness (QED) is 0.720. The summed E-state index contributed by atoms with van der Waals surface area (Å²) in [5.74, 6) is -1.08. The summed E-state index contributed by atoms with van der Waals surface area (Å²) in [6.07, 6.45) is 0. The van der Waals surface area contributed by atoms with E-state index in [0.29, 0.717) is 42.8 Å². The zero-order valence-electron chi connectivity index (χ0n) is 14.4. The molecule has 0 bridgehead atoms. The van der Waals surface area contributed by atoms with Gasteiger partial charge in [0.05, 0.1) is 16.6 Å². The minimum absolute atomic E-state index is 0.0409. The Morgan fingerprint density at radius 3 is 2.19 bits per heavy atom. The van der Waals surface area contributed by atoms with Crippen LogP contribution in [0, 0.1) is 5.82 Å². The Morgan fingerprint density at radius 1 is 0.852 bits per heavy atom. The number of nitrogens with one attached hydrogen (secondary N) is 2. The van der Waals surface area contributed by atoms with Crippen molar-refractivity contribution in [3.8, 4) is 0 Å². The predicted octanol–water partition coefficient (Wildman–Crippen LogP) is 1.59. The summed E-state index contributed by atoms with van der Waals surface area (Å²) < 4.78 is 13.8. The molecule has 0 atom stereocenters. The molecule has 1 fully saturated rings. The van der Waals surface area contributed by atoms with Crippen LogP contribution >= 0.6 is 0 Å². The number of hydrogen-bond donors (Lipinski definition) is 2. The van der Waals surface area contributed by atoms with E-state index >= 15 is 0 Å². The molecule has 3 aromatic rings. The molecular formula is C19H17FN4O3. The highest BCUT2D eigenvalue weighted by Crippen LogP contribution is 2.16. The van der Waals surface area contributed by atoms with E-state index in [1.54, 1.807) is 34.1 Å². The van der Waals surface area contributed by atoms with Gasteiger partial charge in [0.15, 0.2) is 0 Å². The normalized spacial score (nSPS) is 14.6. The number of carbonyl (C=O) groups excluding carboxylic acids is 2. The van der Waals surface area contributed by atoms with E-state index in [4.69, 9.17) is 0 Å². The second-order valence-corrected chi connectivity index (χ2v) is 6.40. The highest BCUT2D eigenvalue weighted by Gasteiger charge is 2.26. The first-order valence-corrected chi connectivity index (χ1v) is 8.58. The monoisotopic (exact) mass is 368 g/mol. The average molecular weight is 368 g/mol. The van der Waals surface area contributed by atoms with Crippen molar-refractivity contribution >= 4 is 22.8 Å². The number of H-pyrrole nitrogens is 2. The summed E-state index contributed by atoms with van der Waals surface area (Å²) in [7, 11) is 0. The molecule has 2 aromatic carbocycles. The molecule has 1 aliphatic heterocycles. The summed E-state index contributed by atoms with van der Waals surface area (Å²) >= 11 is 0. The van der Waals surface area contributed by atoms with Crippen LogP contribution in [0.5, 0.6) is 0 Å². The first-order valence-electron chi connectivity index (χ1n) is 8.58. The number of benzene rings is 2. The Bertz CT molecular complexity index is 1080. The molecule has 1 saturated heterocycles. The van der Waals surface area contributed by atoms with E-state index in [9.17, 15) is 18.8 Å². The molecule has 138 valence electrons. The van der Waals surface area contributed by atoms with E-state index < -0.39 is 5.82 Å². The number of rotatable bonds is 2. The van der Waals surface area contributed by atoms with Crippen LogP contribution in [0.2, 0.25) is 0 Å². The van der Waals surface area contributed by atoms with Crippen molar-refractivity contribution in [3.63, 3.8) is 0 Å². The van der Waals surface area contributed by atoms with E-state index in [2.05, 4.69) is 9.97 Å². The predicted molar refractivity (Wildman–Crippen MR) is 97.1 cm³/mol. The van der Waals surface area contributed by atoms with E-state index in [0.717, 1.165) is 0 Å². The van der Waals surface area contributed by atoms with Gasteiger partial charge in [0.1, 0.15) is 5.82 Å². The van der Waals surface area contributed by atoms with Crippen LogP contribution in [-0.2, 0) is 0 Å². The molecular weight excluding hydrogens is 351 g/mol. The molecule has 0 saturated carbocycles. The molecule has 0 aliphatic carbocycles. The molecule has 0 radical (unpaired) electrons. The zero-order valence-corrected chi connectivity index (χ0v) is 14.4. The molecule has 0 spiro atoms. The Kier molecular flexibility index (Phi) is 4.23. The van der Waals surface area contributed by atoms with Crippen LogP contribution in [0.25, 0.3) is 11.0 Å². The lowest BCUT2D eigenvalue weighted by Crippen LogP contribution is -2.50. The SMILES string of the molecule is O=C(c1ccc2[nH]c(=O)[nH]c2c1)N1CCN(C(=O)c2ccccc2F)CC1. The van der Waals surface area contributed by atoms with Crippen molar-refractivity contribution in [3.05, 3.63) is 69.9 Å². The van der Waals surface area contributed by atoms with Crippen molar-refractivity contribution in [2.75, 3.05) is 26.2 Å². The Hall–Kier alpha value is -3.42. The third-order valence-electron chi connectivity index (χ3n) is 4.72. The van der Waals surface area contributed by atoms with Gasteiger partial charge in [-0.15, -0.1) is 0 Å².